The monoisotopic (exact) mass is 264 g/mol. The number of rotatable bonds is 4. The first-order valence-corrected chi connectivity index (χ1v) is 6.58. The lowest BCUT2D eigenvalue weighted by Gasteiger charge is -2.13. The van der Waals surface area contributed by atoms with E-state index in [0.717, 1.165) is 15.6 Å². The fourth-order valence-electron chi connectivity index (χ4n) is 1.50. The van der Waals surface area contributed by atoms with Gasteiger partial charge in [0.05, 0.1) is 10.9 Å². The maximum atomic E-state index is 5.96. The third-order valence-corrected chi connectivity index (χ3v) is 3.79. The minimum Gasteiger partial charge on any atom is -0.329 e. The molecule has 0 saturated carbocycles. The number of thioether (sulfide) groups is 1. The number of aromatic nitrogens is 1. The van der Waals surface area contributed by atoms with E-state index in [1.807, 2.05) is 42.5 Å². The Morgan fingerprint density at radius 1 is 1.24 bits per heavy atom. The smallest absolute Gasteiger partial charge is 0.0639 e. The summed E-state index contributed by atoms with van der Waals surface area (Å²) in [4.78, 5) is 5.44. The average Bonchev–Trinajstić information content (AvgIpc) is 2.37. The molecule has 0 aliphatic carbocycles. The Bertz CT molecular complexity index is 476. The molecule has 2 N–H and O–H groups in total. The van der Waals surface area contributed by atoms with Gasteiger partial charge in [0, 0.05) is 22.7 Å². The topological polar surface area (TPSA) is 38.9 Å². The molecule has 1 atom stereocenters. The first-order valence-electron chi connectivity index (χ1n) is 5.33. The van der Waals surface area contributed by atoms with Gasteiger partial charge in [-0.15, -0.1) is 11.8 Å². The van der Waals surface area contributed by atoms with Gasteiger partial charge in [-0.3, -0.25) is 4.98 Å². The number of benzene rings is 1. The first-order chi connectivity index (χ1) is 8.29. The molecular formula is C13H13ClN2S. The molecule has 2 aromatic rings. The Hall–Kier alpha value is -1.03. The third-order valence-electron chi connectivity index (χ3n) is 2.31. The molecule has 0 spiro atoms. The summed E-state index contributed by atoms with van der Waals surface area (Å²) < 4.78 is 0. The Balaban J connectivity index is 2.16. The van der Waals surface area contributed by atoms with Crippen LogP contribution in [-0.2, 0) is 0 Å². The molecule has 0 bridgehead atoms. The second-order valence-corrected chi connectivity index (χ2v) is 5.27. The van der Waals surface area contributed by atoms with Crippen molar-refractivity contribution < 1.29 is 0 Å². The SMILES string of the molecule is NCC(Sc1cccc(Cl)c1)c1ccccn1. The van der Waals surface area contributed by atoms with E-state index in [1.165, 1.54) is 0 Å². The number of nitrogens with zero attached hydrogens (tertiary/aromatic N) is 1. The molecule has 0 amide bonds. The zero-order chi connectivity index (χ0) is 12.1. The van der Waals surface area contributed by atoms with Crippen LogP contribution in [0.2, 0.25) is 5.02 Å². The van der Waals surface area contributed by atoms with Gasteiger partial charge in [-0.05, 0) is 30.3 Å². The third kappa shape index (κ3) is 3.46. The number of halogens is 1. The van der Waals surface area contributed by atoms with Crippen LogP contribution >= 0.6 is 23.4 Å². The molecule has 0 aliphatic rings. The lowest BCUT2D eigenvalue weighted by Crippen LogP contribution is -2.10. The van der Waals surface area contributed by atoms with Crippen molar-refractivity contribution in [3.05, 3.63) is 59.4 Å². The average molecular weight is 265 g/mol. The summed E-state index contributed by atoms with van der Waals surface area (Å²) in [5.74, 6) is 0. The minimum atomic E-state index is 0.162. The van der Waals surface area contributed by atoms with Crippen LogP contribution in [0.5, 0.6) is 0 Å². The highest BCUT2D eigenvalue weighted by molar-refractivity contribution is 7.99. The van der Waals surface area contributed by atoms with Gasteiger partial charge in [-0.2, -0.15) is 0 Å². The van der Waals surface area contributed by atoms with Crippen molar-refractivity contribution in [2.45, 2.75) is 10.1 Å². The van der Waals surface area contributed by atoms with Crippen LogP contribution in [0.3, 0.4) is 0 Å². The van der Waals surface area contributed by atoms with E-state index < -0.39 is 0 Å². The Labute approximate surface area is 110 Å². The molecule has 1 unspecified atom stereocenters. The number of pyridine rings is 1. The largest absolute Gasteiger partial charge is 0.329 e. The van der Waals surface area contributed by atoms with Crippen LogP contribution in [-0.4, -0.2) is 11.5 Å². The maximum absolute atomic E-state index is 5.96. The highest BCUT2D eigenvalue weighted by Gasteiger charge is 2.12. The number of hydrogen-bond acceptors (Lipinski definition) is 3. The molecule has 1 aromatic carbocycles. The standard InChI is InChI=1S/C13H13ClN2S/c14-10-4-3-5-11(8-10)17-13(9-15)12-6-1-2-7-16-12/h1-8,13H,9,15H2. The Morgan fingerprint density at radius 3 is 2.76 bits per heavy atom. The van der Waals surface area contributed by atoms with Gasteiger partial charge in [0.15, 0.2) is 0 Å². The molecular weight excluding hydrogens is 252 g/mol. The van der Waals surface area contributed by atoms with Gasteiger partial charge in [0.2, 0.25) is 0 Å². The highest BCUT2D eigenvalue weighted by atomic mass is 35.5. The molecule has 4 heteroatoms. The van der Waals surface area contributed by atoms with Crippen molar-refractivity contribution >= 4 is 23.4 Å². The summed E-state index contributed by atoms with van der Waals surface area (Å²) in [5.41, 5.74) is 6.80. The van der Waals surface area contributed by atoms with Crippen LogP contribution in [0.4, 0.5) is 0 Å². The van der Waals surface area contributed by atoms with E-state index in [1.54, 1.807) is 18.0 Å². The molecule has 0 aliphatic heterocycles. The van der Waals surface area contributed by atoms with E-state index >= 15 is 0 Å². The van der Waals surface area contributed by atoms with Gasteiger partial charge >= 0.3 is 0 Å². The molecule has 2 rings (SSSR count). The fraction of sp³-hybridized carbons (Fsp3) is 0.154. The second kappa shape index (κ2) is 6.05. The van der Waals surface area contributed by atoms with Crippen LogP contribution in [0.1, 0.15) is 10.9 Å². The lowest BCUT2D eigenvalue weighted by atomic mass is 10.3. The van der Waals surface area contributed by atoms with Gasteiger partial charge in [0.1, 0.15) is 0 Å². The van der Waals surface area contributed by atoms with E-state index in [-0.39, 0.29) is 5.25 Å². The van der Waals surface area contributed by atoms with Gasteiger partial charge < -0.3 is 5.73 Å². The van der Waals surface area contributed by atoms with E-state index in [9.17, 15) is 0 Å². The summed E-state index contributed by atoms with van der Waals surface area (Å²) in [7, 11) is 0. The summed E-state index contributed by atoms with van der Waals surface area (Å²) >= 11 is 7.64. The van der Waals surface area contributed by atoms with Crippen molar-refractivity contribution in [3.63, 3.8) is 0 Å². The van der Waals surface area contributed by atoms with Crippen LogP contribution in [0.15, 0.2) is 53.6 Å². The maximum Gasteiger partial charge on any atom is 0.0639 e. The van der Waals surface area contributed by atoms with Gasteiger partial charge in [0.25, 0.3) is 0 Å². The van der Waals surface area contributed by atoms with Crippen molar-refractivity contribution in [1.82, 2.24) is 4.98 Å². The molecule has 0 radical (unpaired) electrons. The Morgan fingerprint density at radius 2 is 2.12 bits per heavy atom. The molecule has 88 valence electrons. The normalized spacial score (nSPS) is 12.4. The number of hydrogen-bond donors (Lipinski definition) is 1. The molecule has 0 saturated heterocycles. The quantitative estimate of drug-likeness (QED) is 0.859. The van der Waals surface area contributed by atoms with E-state index in [4.69, 9.17) is 17.3 Å². The van der Waals surface area contributed by atoms with Crippen molar-refractivity contribution in [1.29, 1.82) is 0 Å². The minimum absolute atomic E-state index is 0.162. The Kier molecular flexibility index (Phi) is 4.42. The molecule has 1 aromatic heterocycles. The van der Waals surface area contributed by atoms with Gasteiger partial charge in [-0.25, -0.2) is 0 Å². The summed E-state index contributed by atoms with van der Waals surface area (Å²) in [5, 5.41) is 0.904. The van der Waals surface area contributed by atoms with E-state index in [0.29, 0.717) is 6.54 Å². The predicted octanol–water partition coefficient (Wildman–Crippen LogP) is 3.53. The van der Waals surface area contributed by atoms with Crippen molar-refractivity contribution in [3.8, 4) is 0 Å². The van der Waals surface area contributed by atoms with Crippen molar-refractivity contribution in [2.24, 2.45) is 5.73 Å². The van der Waals surface area contributed by atoms with Crippen molar-refractivity contribution in [2.75, 3.05) is 6.54 Å². The zero-order valence-electron chi connectivity index (χ0n) is 9.21. The molecule has 0 fully saturated rings. The molecule has 2 nitrogen and oxygen atoms in total. The lowest BCUT2D eigenvalue weighted by molar-refractivity contribution is 0.898. The summed E-state index contributed by atoms with van der Waals surface area (Å²) in [6.07, 6.45) is 1.79. The van der Waals surface area contributed by atoms with Crippen LogP contribution in [0, 0.1) is 0 Å². The van der Waals surface area contributed by atoms with Crippen LogP contribution < -0.4 is 5.73 Å². The first kappa shape index (κ1) is 12.4. The molecule has 1 heterocycles. The van der Waals surface area contributed by atoms with E-state index in [2.05, 4.69) is 4.98 Å². The number of nitrogens with two attached hydrogens (primary N) is 1. The second-order valence-electron chi connectivity index (χ2n) is 3.55. The van der Waals surface area contributed by atoms with Gasteiger partial charge in [-0.1, -0.05) is 23.7 Å². The summed E-state index contributed by atoms with van der Waals surface area (Å²) in [6.45, 7) is 0.550. The van der Waals surface area contributed by atoms with Crippen LogP contribution in [0.25, 0.3) is 0 Å². The summed E-state index contributed by atoms with van der Waals surface area (Å²) in [6, 6.07) is 13.7. The highest BCUT2D eigenvalue weighted by Crippen LogP contribution is 2.34. The molecule has 17 heavy (non-hydrogen) atoms. The fourth-order valence-corrected chi connectivity index (χ4v) is 2.79. The zero-order valence-corrected chi connectivity index (χ0v) is 10.8. The predicted molar refractivity (Wildman–Crippen MR) is 73.3 cm³/mol.